The number of nitrogen functional groups attached to an aromatic ring is 1. The van der Waals surface area contributed by atoms with Crippen LogP contribution in [0.2, 0.25) is 0 Å². The molecule has 1 fully saturated rings. The van der Waals surface area contributed by atoms with E-state index in [4.69, 9.17) is 5.73 Å². The summed E-state index contributed by atoms with van der Waals surface area (Å²) in [4.78, 5) is 6.76. The molecule has 0 saturated carbocycles. The Labute approximate surface area is 118 Å². The Bertz CT molecular complexity index is 634. The highest BCUT2D eigenvalue weighted by molar-refractivity contribution is 5.79. The second kappa shape index (κ2) is 5.05. The van der Waals surface area contributed by atoms with E-state index < -0.39 is 0 Å². The number of aromatic nitrogens is 2. The van der Waals surface area contributed by atoms with Crippen molar-refractivity contribution in [3.8, 4) is 0 Å². The van der Waals surface area contributed by atoms with E-state index in [0.29, 0.717) is 23.1 Å². The van der Waals surface area contributed by atoms with Crippen LogP contribution >= 0.6 is 0 Å². The molecule has 3 rings (SSSR count). The summed E-state index contributed by atoms with van der Waals surface area (Å²) in [5, 5.41) is 0. The van der Waals surface area contributed by atoms with Gasteiger partial charge in [0, 0.05) is 18.7 Å². The smallest absolute Gasteiger partial charge is 0.201 e. The maximum atomic E-state index is 13.6. The monoisotopic (exact) mass is 276 g/mol. The van der Waals surface area contributed by atoms with E-state index in [1.165, 1.54) is 18.9 Å². The Morgan fingerprint density at radius 3 is 3.00 bits per heavy atom. The van der Waals surface area contributed by atoms with Crippen LogP contribution in [0.25, 0.3) is 11.0 Å². The molecule has 4 nitrogen and oxygen atoms in total. The SMILES string of the molecule is CCN1CCCC1Cn1c(N)nc2cc(F)c(C)cc21. The van der Waals surface area contributed by atoms with Gasteiger partial charge in [0.25, 0.3) is 0 Å². The van der Waals surface area contributed by atoms with Gasteiger partial charge in [-0.05, 0) is 44.5 Å². The van der Waals surface area contributed by atoms with Crippen LogP contribution in [0, 0.1) is 12.7 Å². The fraction of sp³-hybridized carbons (Fsp3) is 0.533. The van der Waals surface area contributed by atoms with Crippen LogP contribution < -0.4 is 5.73 Å². The fourth-order valence-corrected chi connectivity index (χ4v) is 3.19. The maximum absolute atomic E-state index is 13.6. The molecule has 0 spiro atoms. The van der Waals surface area contributed by atoms with Crippen molar-refractivity contribution in [2.24, 2.45) is 0 Å². The van der Waals surface area contributed by atoms with Crippen molar-refractivity contribution in [3.63, 3.8) is 0 Å². The molecule has 1 unspecified atom stereocenters. The number of likely N-dealkylation sites (tertiary alicyclic amines) is 1. The molecule has 1 aliphatic heterocycles. The van der Waals surface area contributed by atoms with Gasteiger partial charge in [-0.2, -0.15) is 0 Å². The van der Waals surface area contributed by atoms with Crippen LogP contribution in [0.3, 0.4) is 0 Å². The topological polar surface area (TPSA) is 47.1 Å². The zero-order valence-electron chi connectivity index (χ0n) is 12.1. The molecular weight excluding hydrogens is 255 g/mol. The van der Waals surface area contributed by atoms with Gasteiger partial charge in [0.05, 0.1) is 11.0 Å². The molecule has 0 bridgehead atoms. The van der Waals surface area contributed by atoms with Crippen LogP contribution in [-0.2, 0) is 6.54 Å². The molecule has 5 heteroatoms. The minimum atomic E-state index is -0.224. The van der Waals surface area contributed by atoms with Gasteiger partial charge in [-0.25, -0.2) is 9.37 Å². The molecule has 2 heterocycles. The van der Waals surface area contributed by atoms with Crippen LogP contribution in [0.1, 0.15) is 25.3 Å². The molecule has 0 amide bonds. The molecule has 1 atom stereocenters. The van der Waals surface area contributed by atoms with Gasteiger partial charge in [0.1, 0.15) is 5.82 Å². The number of likely N-dealkylation sites (N-methyl/N-ethyl adjacent to an activating group) is 1. The highest BCUT2D eigenvalue weighted by Crippen LogP contribution is 2.25. The molecule has 1 aromatic heterocycles. The Hall–Kier alpha value is -1.62. The highest BCUT2D eigenvalue weighted by Gasteiger charge is 2.24. The zero-order chi connectivity index (χ0) is 14.3. The normalized spacial score (nSPS) is 20.1. The molecule has 2 N–H and O–H groups in total. The van der Waals surface area contributed by atoms with E-state index in [1.54, 1.807) is 6.92 Å². The summed E-state index contributed by atoms with van der Waals surface area (Å²) < 4.78 is 15.6. The lowest BCUT2D eigenvalue weighted by atomic mass is 10.2. The fourth-order valence-electron chi connectivity index (χ4n) is 3.19. The first-order valence-electron chi connectivity index (χ1n) is 7.26. The average molecular weight is 276 g/mol. The number of aryl methyl sites for hydroxylation is 1. The molecular formula is C15H21FN4. The summed E-state index contributed by atoms with van der Waals surface area (Å²) in [5.41, 5.74) is 8.25. The third kappa shape index (κ3) is 2.16. The highest BCUT2D eigenvalue weighted by atomic mass is 19.1. The van der Waals surface area contributed by atoms with E-state index in [0.717, 1.165) is 25.2 Å². The quantitative estimate of drug-likeness (QED) is 0.937. The van der Waals surface area contributed by atoms with Gasteiger partial charge >= 0.3 is 0 Å². The van der Waals surface area contributed by atoms with Crippen molar-refractivity contribution in [3.05, 3.63) is 23.5 Å². The zero-order valence-corrected chi connectivity index (χ0v) is 12.1. The largest absolute Gasteiger partial charge is 0.369 e. The lowest BCUT2D eigenvalue weighted by Gasteiger charge is -2.23. The van der Waals surface area contributed by atoms with Gasteiger partial charge in [-0.3, -0.25) is 4.90 Å². The van der Waals surface area contributed by atoms with Crippen molar-refractivity contribution in [1.29, 1.82) is 0 Å². The minimum Gasteiger partial charge on any atom is -0.369 e. The summed E-state index contributed by atoms with van der Waals surface area (Å²) in [7, 11) is 0. The Morgan fingerprint density at radius 2 is 2.25 bits per heavy atom. The van der Waals surface area contributed by atoms with Crippen LogP contribution in [-0.4, -0.2) is 33.6 Å². The Kier molecular flexibility index (Phi) is 3.38. The van der Waals surface area contributed by atoms with Crippen molar-refractivity contribution < 1.29 is 4.39 Å². The number of anilines is 1. The first-order chi connectivity index (χ1) is 9.60. The molecule has 0 radical (unpaired) electrons. The van der Waals surface area contributed by atoms with Gasteiger partial charge < -0.3 is 10.3 Å². The second-order valence-corrected chi connectivity index (χ2v) is 5.60. The maximum Gasteiger partial charge on any atom is 0.201 e. The van der Waals surface area contributed by atoms with Crippen molar-refractivity contribution in [2.75, 3.05) is 18.8 Å². The van der Waals surface area contributed by atoms with Crippen LogP contribution in [0.5, 0.6) is 0 Å². The lowest BCUT2D eigenvalue weighted by Crippen LogP contribution is -2.33. The number of halogens is 1. The number of benzene rings is 1. The van der Waals surface area contributed by atoms with Crippen molar-refractivity contribution in [1.82, 2.24) is 14.5 Å². The van der Waals surface area contributed by atoms with E-state index in [9.17, 15) is 4.39 Å². The summed E-state index contributed by atoms with van der Waals surface area (Å²) in [6, 6.07) is 3.83. The second-order valence-electron chi connectivity index (χ2n) is 5.60. The summed E-state index contributed by atoms with van der Waals surface area (Å²) in [5.74, 6) is 0.256. The number of imidazole rings is 1. The van der Waals surface area contributed by atoms with Crippen LogP contribution in [0.4, 0.5) is 10.3 Å². The van der Waals surface area contributed by atoms with Crippen molar-refractivity contribution in [2.45, 2.75) is 39.3 Å². The van der Waals surface area contributed by atoms with E-state index in [2.05, 4.69) is 16.8 Å². The molecule has 0 aliphatic carbocycles. The summed E-state index contributed by atoms with van der Waals surface area (Å²) >= 11 is 0. The Morgan fingerprint density at radius 1 is 1.45 bits per heavy atom. The first kappa shape index (κ1) is 13.4. The molecule has 1 aromatic carbocycles. The van der Waals surface area contributed by atoms with Gasteiger partial charge in [-0.15, -0.1) is 0 Å². The average Bonchev–Trinajstić information content (AvgIpc) is 2.97. The number of rotatable bonds is 3. The number of nitrogens with two attached hydrogens (primary N) is 1. The minimum absolute atomic E-state index is 0.224. The molecule has 1 saturated heterocycles. The third-order valence-corrected chi connectivity index (χ3v) is 4.36. The number of hydrogen-bond acceptors (Lipinski definition) is 3. The molecule has 2 aromatic rings. The predicted octanol–water partition coefficient (Wildman–Crippen LogP) is 2.55. The predicted molar refractivity (Wildman–Crippen MR) is 79.1 cm³/mol. The summed E-state index contributed by atoms with van der Waals surface area (Å²) in [6.07, 6.45) is 2.42. The number of fused-ring (bicyclic) bond motifs is 1. The summed E-state index contributed by atoms with van der Waals surface area (Å²) in [6.45, 7) is 7.01. The molecule has 108 valence electrons. The van der Waals surface area contributed by atoms with Gasteiger partial charge in [0.2, 0.25) is 5.95 Å². The van der Waals surface area contributed by atoms with E-state index in [1.807, 2.05) is 10.6 Å². The van der Waals surface area contributed by atoms with Crippen LogP contribution in [0.15, 0.2) is 12.1 Å². The van der Waals surface area contributed by atoms with Crippen molar-refractivity contribution >= 4 is 17.0 Å². The number of hydrogen-bond donors (Lipinski definition) is 1. The molecule has 20 heavy (non-hydrogen) atoms. The Balaban J connectivity index is 1.98. The molecule has 1 aliphatic rings. The van der Waals surface area contributed by atoms with E-state index in [-0.39, 0.29) is 5.82 Å². The van der Waals surface area contributed by atoms with Gasteiger partial charge in [-0.1, -0.05) is 6.92 Å². The number of nitrogens with zero attached hydrogens (tertiary/aromatic N) is 3. The van der Waals surface area contributed by atoms with E-state index >= 15 is 0 Å². The standard InChI is InChI=1S/C15H21FN4/c1-3-19-6-4-5-11(19)9-20-14-7-10(2)12(16)8-13(14)18-15(20)17/h7-8,11H,3-6,9H2,1-2H3,(H2,17,18). The third-order valence-electron chi connectivity index (χ3n) is 4.36. The first-order valence-corrected chi connectivity index (χ1v) is 7.26. The van der Waals surface area contributed by atoms with Gasteiger partial charge in [0.15, 0.2) is 0 Å². The lowest BCUT2D eigenvalue weighted by molar-refractivity contribution is 0.246.